The molecule has 5 nitrogen and oxygen atoms in total. The van der Waals surface area contributed by atoms with Gasteiger partial charge in [-0.15, -0.1) is 5.10 Å². The van der Waals surface area contributed by atoms with Crippen molar-refractivity contribution >= 4 is 5.95 Å². The van der Waals surface area contributed by atoms with Crippen molar-refractivity contribution in [3.8, 4) is 0 Å². The quantitative estimate of drug-likeness (QED) is 0.904. The molecular weight excluding hydrogens is 250 g/mol. The van der Waals surface area contributed by atoms with Gasteiger partial charge < -0.3 is 10.2 Å². The molecule has 20 heavy (non-hydrogen) atoms. The van der Waals surface area contributed by atoms with Crippen LogP contribution >= 0.6 is 0 Å². The number of fused-ring (bicyclic) bond motifs is 1. The van der Waals surface area contributed by atoms with E-state index < -0.39 is 0 Å². The van der Waals surface area contributed by atoms with E-state index in [0.717, 1.165) is 49.8 Å². The van der Waals surface area contributed by atoms with Crippen LogP contribution in [0.2, 0.25) is 0 Å². The van der Waals surface area contributed by atoms with Crippen LogP contribution < -0.4 is 10.2 Å². The third kappa shape index (κ3) is 1.99. The van der Waals surface area contributed by atoms with E-state index in [2.05, 4.69) is 48.1 Å². The Morgan fingerprint density at radius 3 is 2.55 bits per heavy atom. The highest BCUT2D eigenvalue weighted by molar-refractivity contribution is 5.39. The summed E-state index contributed by atoms with van der Waals surface area (Å²) in [6, 6.07) is 0. The summed E-state index contributed by atoms with van der Waals surface area (Å²) in [7, 11) is 0. The fourth-order valence-electron chi connectivity index (χ4n) is 3.80. The molecule has 2 saturated heterocycles. The molecule has 2 aliphatic heterocycles. The standard InChI is InChI=1S/C15H25N5/c1-5-12-13(6-2)18-19-14(17-12)20-9-10-7-16-8-11(10)15(20,3)4/h10-11,16H,5-9H2,1-4H3. The zero-order valence-electron chi connectivity index (χ0n) is 13.0. The Bertz CT molecular complexity index is 499. The van der Waals surface area contributed by atoms with Crippen molar-refractivity contribution < 1.29 is 0 Å². The SMILES string of the molecule is CCc1nnc(N2CC3CNCC3C2(C)C)nc1CC. The van der Waals surface area contributed by atoms with E-state index in [4.69, 9.17) is 4.98 Å². The zero-order chi connectivity index (χ0) is 14.3. The predicted molar refractivity (Wildman–Crippen MR) is 79.9 cm³/mol. The lowest BCUT2D eigenvalue weighted by Crippen LogP contribution is -2.45. The summed E-state index contributed by atoms with van der Waals surface area (Å²) in [4.78, 5) is 7.17. The van der Waals surface area contributed by atoms with E-state index >= 15 is 0 Å². The lowest BCUT2D eigenvalue weighted by molar-refractivity contribution is 0.354. The third-order valence-electron chi connectivity index (χ3n) is 5.10. The fourth-order valence-corrected chi connectivity index (χ4v) is 3.80. The molecule has 2 atom stereocenters. The van der Waals surface area contributed by atoms with E-state index in [0.29, 0.717) is 11.8 Å². The van der Waals surface area contributed by atoms with Crippen LogP contribution in [0.1, 0.15) is 39.1 Å². The molecule has 5 heteroatoms. The highest BCUT2D eigenvalue weighted by atomic mass is 15.4. The van der Waals surface area contributed by atoms with Gasteiger partial charge in [-0.2, -0.15) is 5.10 Å². The minimum absolute atomic E-state index is 0.106. The first-order valence-corrected chi connectivity index (χ1v) is 7.78. The van der Waals surface area contributed by atoms with E-state index in [1.54, 1.807) is 0 Å². The van der Waals surface area contributed by atoms with Crippen LogP contribution in [0.4, 0.5) is 5.95 Å². The van der Waals surface area contributed by atoms with Crippen LogP contribution in [-0.4, -0.2) is 40.4 Å². The largest absolute Gasteiger partial charge is 0.334 e. The molecule has 1 aromatic heterocycles. The average molecular weight is 275 g/mol. The number of anilines is 1. The minimum atomic E-state index is 0.106. The lowest BCUT2D eigenvalue weighted by atomic mass is 9.85. The van der Waals surface area contributed by atoms with Crippen molar-refractivity contribution in [1.29, 1.82) is 0 Å². The monoisotopic (exact) mass is 275 g/mol. The van der Waals surface area contributed by atoms with Gasteiger partial charge in [0.2, 0.25) is 5.95 Å². The van der Waals surface area contributed by atoms with Crippen molar-refractivity contribution in [2.45, 2.75) is 46.1 Å². The van der Waals surface area contributed by atoms with Gasteiger partial charge in [0.15, 0.2) is 0 Å². The van der Waals surface area contributed by atoms with Crippen molar-refractivity contribution in [2.75, 3.05) is 24.5 Å². The Labute approximate surface area is 121 Å². The molecule has 0 radical (unpaired) electrons. The van der Waals surface area contributed by atoms with Crippen LogP contribution in [-0.2, 0) is 12.8 Å². The number of aryl methyl sites for hydroxylation is 2. The normalized spacial score (nSPS) is 27.9. The second kappa shape index (κ2) is 4.95. The Balaban J connectivity index is 1.93. The summed E-state index contributed by atoms with van der Waals surface area (Å²) >= 11 is 0. The fraction of sp³-hybridized carbons (Fsp3) is 0.800. The van der Waals surface area contributed by atoms with E-state index in [1.807, 2.05) is 0 Å². The maximum absolute atomic E-state index is 4.80. The molecule has 3 heterocycles. The van der Waals surface area contributed by atoms with Crippen molar-refractivity contribution in [2.24, 2.45) is 11.8 Å². The average Bonchev–Trinajstić information content (AvgIpc) is 3.00. The number of aromatic nitrogens is 3. The Kier molecular flexibility index (Phi) is 3.40. The highest BCUT2D eigenvalue weighted by Crippen LogP contribution is 2.41. The van der Waals surface area contributed by atoms with Gasteiger partial charge in [0.25, 0.3) is 0 Å². The Morgan fingerprint density at radius 1 is 1.15 bits per heavy atom. The molecule has 0 amide bonds. The van der Waals surface area contributed by atoms with Gasteiger partial charge >= 0.3 is 0 Å². The van der Waals surface area contributed by atoms with Gasteiger partial charge in [-0.1, -0.05) is 13.8 Å². The van der Waals surface area contributed by atoms with Gasteiger partial charge in [-0.05, 0) is 38.5 Å². The summed E-state index contributed by atoms with van der Waals surface area (Å²) < 4.78 is 0. The number of nitrogens with one attached hydrogen (secondary N) is 1. The third-order valence-corrected chi connectivity index (χ3v) is 5.10. The Morgan fingerprint density at radius 2 is 1.90 bits per heavy atom. The number of nitrogens with zero attached hydrogens (tertiary/aromatic N) is 4. The van der Waals surface area contributed by atoms with E-state index in [1.165, 1.54) is 0 Å². The summed E-state index contributed by atoms with van der Waals surface area (Å²) in [6.45, 7) is 12.1. The molecular formula is C15H25N5. The summed E-state index contributed by atoms with van der Waals surface area (Å²) in [6.07, 6.45) is 1.83. The topological polar surface area (TPSA) is 53.9 Å². The van der Waals surface area contributed by atoms with Crippen LogP contribution in [0.5, 0.6) is 0 Å². The predicted octanol–water partition coefficient (Wildman–Crippen LogP) is 1.43. The van der Waals surface area contributed by atoms with Gasteiger partial charge in [0.1, 0.15) is 0 Å². The van der Waals surface area contributed by atoms with E-state index in [-0.39, 0.29) is 5.54 Å². The number of hydrogen-bond donors (Lipinski definition) is 1. The van der Waals surface area contributed by atoms with Crippen LogP contribution in [0.3, 0.4) is 0 Å². The number of hydrogen-bond acceptors (Lipinski definition) is 5. The molecule has 1 aromatic rings. The molecule has 0 spiro atoms. The minimum Gasteiger partial charge on any atom is -0.334 e. The zero-order valence-corrected chi connectivity index (χ0v) is 13.0. The number of rotatable bonds is 3. The summed E-state index contributed by atoms with van der Waals surface area (Å²) in [5.41, 5.74) is 2.24. The lowest BCUT2D eigenvalue weighted by Gasteiger charge is -2.35. The highest BCUT2D eigenvalue weighted by Gasteiger charge is 2.50. The summed E-state index contributed by atoms with van der Waals surface area (Å²) in [5, 5.41) is 12.3. The second-order valence-corrected chi connectivity index (χ2v) is 6.50. The first-order chi connectivity index (χ1) is 9.57. The van der Waals surface area contributed by atoms with Crippen LogP contribution in [0.25, 0.3) is 0 Å². The molecule has 2 fully saturated rings. The van der Waals surface area contributed by atoms with Gasteiger partial charge in [0, 0.05) is 25.2 Å². The second-order valence-electron chi connectivity index (χ2n) is 6.50. The molecule has 2 unspecified atom stereocenters. The molecule has 0 aromatic carbocycles. The van der Waals surface area contributed by atoms with Crippen molar-refractivity contribution in [3.05, 3.63) is 11.4 Å². The van der Waals surface area contributed by atoms with Gasteiger partial charge in [0.05, 0.1) is 11.4 Å². The van der Waals surface area contributed by atoms with Crippen molar-refractivity contribution in [3.63, 3.8) is 0 Å². The van der Waals surface area contributed by atoms with E-state index in [9.17, 15) is 0 Å². The molecule has 0 aliphatic carbocycles. The molecule has 0 bridgehead atoms. The van der Waals surface area contributed by atoms with Gasteiger partial charge in [-0.3, -0.25) is 0 Å². The van der Waals surface area contributed by atoms with Gasteiger partial charge in [-0.25, -0.2) is 4.98 Å². The maximum Gasteiger partial charge on any atom is 0.246 e. The van der Waals surface area contributed by atoms with Crippen LogP contribution in [0, 0.1) is 11.8 Å². The Hall–Kier alpha value is -1.23. The molecule has 3 rings (SSSR count). The first-order valence-electron chi connectivity index (χ1n) is 7.78. The first kappa shape index (κ1) is 13.7. The molecule has 0 saturated carbocycles. The van der Waals surface area contributed by atoms with Crippen molar-refractivity contribution in [1.82, 2.24) is 20.5 Å². The maximum atomic E-state index is 4.80. The van der Waals surface area contributed by atoms with Crippen LogP contribution in [0.15, 0.2) is 0 Å². The molecule has 110 valence electrons. The summed E-state index contributed by atoms with van der Waals surface area (Å²) in [5.74, 6) is 2.21. The smallest absolute Gasteiger partial charge is 0.246 e. The molecule has 2 aliphatic rings. The molecule has 1 N–H and O–H groups in total.